The molecule has 0 aliphatic heterocycles. The number of amidine groups is 1. The number of halogens is 2. The van der Waals surface area contributed by atoms with Crippen LogP contribution in [0.1, 0.15) is 50.0 Å². The number of anilines is 1. The highest BCUT2D eigenvalue weighted by atomic mass is 35.5. The molecule has 0 saturated heterocycles. The van der Waals surface area contributed by atoms with Crippen molar-refractivity contribution in [1.82, 2.24) is 24.8 Å². The van der Waals surface area contributed by atoms with E-state index in [0.717, 1.165) is 31.2 Å². The lowest BCUT2D eigenvalue weighted by molar-refractivity contribution is 0.200. The van der Waals surface area contributed by atoms with Crippen molar-refractivity contribution in [3.8, 4) is 11.3 Å². The lowest BCUT2D eigenvalue weighted by atomic mass is 9.82. The molecular formula is C30H31ClFN7O2. The van der Waals surface area contributed by atoms with E-state index < -0.39 is 11.9 Å². The van der Waals surface area contributed by atoms with Crippen LogP contribution < -0.4 is 10.6 Å². The molecule has 1 fully saturated rings. The minimum absolute atomic E-state index is 0.115. The first-order chi connectivity index (χ1) is 19.7. The quantitative estimate of drug-likeness (QED) is 0.101. The maximum Gasteiger partial charge on any atom is 0.410 e. The number of imidazole rings is 1. The highest BCUT2D eigenvalue weighted by Crippen LogP contribution is 2.36. The molecule has 1 aliphatic carbocycles. The normalized spacial score (nSPS) is 17.6. The third-order valence-corrected chi connectivity index (χ3v) is 7.75. The van der Waals surface area contributed by atoms with Crippen LogP contribution in [-0.4, -0.2) is 36.6 Å². The number of allylic oxidation sites excluding steroid dienone is 1. The van der Waals surface area contributed by atoms with Gasteiger partial charge in [-0.05, 0) is 74.3 Å². The Kier molecular flexibility index (Phi) is 8.30. The van der Waals surface area contributed by atoms with Gasteiger partial charge < -0.3 is 15.0 Å². The molecule has 2 aromatic heterocycles. The Hall–Kier alpha value is -4.31. The van der Waals surface area contributed by atoms with Gasteiger partial charge in [0.2, 0.25) is 5.95 Å². The number of carboxylic acid groups (broad SMARTS) is 1. The Balaban J connectivity index is 1.66. The summed E-state index contributed by atoms with van der Waals surface area (Å²) in [4.78, 5) is 25.2. The van der Waals surface area contributed by atoms with Crippen LogP contribution in [0.5, 0.6) is 0 Å². The molecule has 2 heterocycles. The third kappa shape index (κ3) is 6.38. The second-order valence-corrected chi connectivity index (χ2v) is 10.8. The summed E-state index contributed by atoms with van der Waals surface area (Å²) >= 11 is 6.35. The van der Waals surface area contributed by atoms with Gasteiger partial charge in [-0.3, -0.25) is 10.7 Å². The molecular weight excluding hydrogens is 545 g/mol. The summed E-state index contributed by atoms with van der Waals surface area (Å²) < 4.78 is 16.1. The van der Waals surface area contributed by atoms with Gasteiger partial charge >= 0.3 is 6.09 Å². The van der Waals surface area contributed by atoms with Crippen molar-refractivity contribution in [2.24, 2.45) is 11.8 Å². The molecule has 212 valence electrons. The summed E-state index contributed by atoms with van der Waals surface area (Å²) in [7, 11) is 0. The molecule has 1 aliphatic rings. The molecule has 4 aromatic rings. The van der Waals surface area contributed by atoms with Crippen LogP contribution in [0.25, 0.3) is 22.4 Å². The summed E-state index contributed by atoms with van der Waals surface area (Å²) in [6.07, 6.45) is 4.80. The number of aromatic nitrogens is 4. The molecule has 0 radical (unpaired) electrons. The molecule has 9 nitrogen and oxygen atoms in total. The average Bonchev–Trinajstić information content (AvgIpc) is 3.29. The maximum absolute atomic E-state index is 14.0. The number of hydrogen-bond acceptors (Lipinski definition) is 6. The predicted molar refractivity (Wildman–Crippen MR) is 158 cm³/mol. The Morgan fingerprint density at radius 3 is 2.63 bits per heavy atom. The molecule has 0 bridgehead atoms. The van der Waals surface area contributed by atoms with Crippen LogP contribution in [0.4, 0.5) is 15.1 Å². The Morgan fingerprint density at radius 1 is 1.20 bits per heavy atom. The van der Waals surface area contributed by atoms with Crippen LogP contribution in [-0.2, 0) is 6.54 Å². The van der Waals surface area contributed by atoms with E-state index in [1.165, 1.54) is 12.1 Å². The van der Waals surface area contributed by atoms with Gasteiger partial charge in [-0.2, -0.15) is 4.98 Å². The lowest BCUT2D eigenvalue weighted by Crippen LogP contribution is -2.30. The summed E-state index contributed by atoms with van der Waals surface area (Å²) in [6, 6.07) is 13.3. The van der Waals surface area contributed by atoms with Gasteiger partial charge in [0, 0.05) is 17.1 Å². The van der Waals surface area contributed by atoms with Crippen LogP contribution in [0, 0.1) is 23.1 Å². The summed E-state index contributed by atoms with van der Waals surface area (Å²) in [5, 5.41) is 23.4. The largest absolute Gasteiger partial charge is 0.465 e. The number of hydrogen-bond donors (Lipinski definition) is 4. The molecule has 1 atom stereocenters. The first-order valence-electron chi connectivity index (χ1n) is 13.5. The molecule has 2 aromatic carbocycles. The fourth-order valence-corrected chi connectivity index (χ4v) is 5.54. The molecule has 5 rings (SSSR count). The fraction of sp³-hybridized carbons (Fsp3) is 0.300. The van der Waals surface area contributed by atoms with Gasteiger partial charge in [0.15, 0.2) is 17.3 Å². The van der Waals surface area contributed by atoms with E-state index >= 15 is 0 Å². The number of rotatable bonds is 8. The SMILES string of the molecule is C=C[C@H]1CC[C@H](Cn2c(N[C@@H](C)c3cccc(F)c3)nc3nc(C(=N)NC(=O)O)nc(-c4cccc(Cl)c4)c32)CC1. The van der Waals surface area contributed by atoms with Gasteiger partial charge in [-0.1, -0.05) is 41.9 Å². The second-order valence-electron chi connectivity index (χ2n) is 10.4. The van der Waals surface area contributed by atoms with Crippen LogP contribution in [0.3, 0.4) is 0 Å². The fourth-order valence-electron chi connectivity index (χ4n) is 5.35. The Morgan fingerprint density at radius 2 is 1.95 bits per heavy atom. The highest BCUT2D eigenvalue weighted by molar-refractivity contribution is 6.30. The maximum atomic E-state index is 14.0. The molecule has 0 unspecified atom stereocenters. The molecule has 11 heteroatoms. The van der Waals surface area contributed by atoms with Gasteiger partial charge in [0.25, 0.3) is 0 Å². The van der Waals surface area contributed by atoms with E-state index in [-0.39, 0.29) is 17.7 Å². The zero-order chi connectivity index (χ0) is 29.1. The van der Waals surface area contributed by atoms with Crippen molar-refractivity contribution < 1.29 is 14.3 Å². The molecule has 1 saturated carbocycles. The molecule has 4 N–H and O–H groups in total. The molecule has 0 spiro atoms. The zero-order valence-electron chi connectivity index (χ0n) is 22.6. The number of carbonyl (C=O) groups is 1. The standard InChI is InChI=1S/C30H31ClFN7O2/c1-3-18-10-12-19(13-11-18)16-39-25-24(21-7-4-8-22(31)14-21)35-28(26(33)36-30(40)41)37-27(25)38-29(39)34-17(2)20-6-5-9-23(32)15-20/h3-9,14-15,17-19H,1,10-13,16H2,2H3,(H2,33,36)(H,40,41)(H,34,35,37,38)/t17-,18-,19-/m0/s1. The zero-order valence-corrected chi connectivity index (χ0v) is 23.3. The van der Waals surface area contributed by atoms with E-state index in [9.17, 15) is 14.3 Å². The lowest BCUT2D eigenvalue weighted by Gasteiger charge is -2.28. The van der Waals surface area contributed by atoms with Crippen molar-refractivity contribution in [2.45, 2.75) is 45.2 Å². The second kappa shape index (κ2) is 12.1. The number of benzene rings is 2. The van der Waals surface area contributed by atoms with Gasteiger partial charge in [-0.15, -0.1) is 6.58 Å². The van der Waals surface area contributed by atoms with Crippen molar-refractivity contribution >= 4 is 40.6 Å². The van der Waals surface area contributed by atoms with Crippen LogP contribution >= 0.6 is 11.6 Å². The van der Waals surface area contributed by atoms with E-state index in [1.54, 1.807) is 24.3 Å². The predicted octanol–water partition coefficient (Wildman–Crippen LogP) is 7.04. The van der Waals surface area contributed by atoms with E-state index in [4.69, 9.17) is 22.0 Å². The molecule has 41 heavy (non-hydrogen) atoms. The molecule has 1 amide bonds. The Labute approximate surface area is 242 Å². The Bertz CT molecular complexity index is 1610. The van der Waals surface area contributed by atoms with Crippen LogP contribution in [0.2, 0.25) is 5.02 Å². The van der Waals surface area contributed by atoms with Crippen molar-refractivity contribution in [3.05, 3.63) is 83.4 Å². The van der Waals surface area contributed by atoms with Crippen molar-refractivity contribution in [3.63, 3.8) is 0 Å². The van der Waals surface area contributed by atoms with E-state index in [0.29, 0.717) is 51.8 Å². The summed E-state index contributed by atoms with van der Waals surface area (Å²) in [5.41, 5.74) is 2.85. The number of nitrogens with one attached hydrogen (secondary N) is 3. The minimum atomic E-state index is -1.39. The first-order valence-corrected chi connectivity index (χ1v) is 13.9. The monoisotopic (exact) mass is 575 g/mol. The van der Waals surface area contributed by atoms with Gasteiger partial charge in [0.1, 0.15) is 17.0 Å². The van der Waals surface area contributed by atoms with Crippen molar-refractivity contribution in [1.29, 1.82) is 5.41 Å². The van der Waals surface area contributed by atoms with Crippen LogP contribution in [0.15, 0.2) is 61.2 Å². The van der Waals surface area contributed by atoms with Gasteiger partial charge in [-0.25, -0.2) is 19.2 Å². The summed E-state index contributed by atoms with van der Waals surface area (Å²) in [6.45, 7) is 6.53. The van der Waals surface area contributed by atoms with Gasteiger partial charge in [0.05, 0.1) is 6.04 Å². The van der Waals surface area contributed by atoms with E-state index in [2.05, 4.69) is 26.4 Å². The number of fused-ring (bicyclic) bond motifs is 1. The highest BCUT2D eigenvalue weighted by Gasteiger charge is 2.26. The topological polar surface area (TPSA) is 129 Å². The average molecular weight is 576 g/mol. The number of nitrogens with zero attached hydrogens (tertiary/aromatic N) is 4. The first kappa shape index (κ1) is 28.2. The van der Waals surface area contributed by atoms with E-state index in [1.807, 2.05) is 30.4 Å². The third-order valence-electron chi connectivity index (χ3n) is 7.52. The van der Waals surface area contributed by atoms with Crippen molar-refractivity contribution in [2.75, 3.05) is 5.32 Å². The minimum Gasteiger partial charge on any atom is -0.465 e. The summed E-state index contributed by atoms with van der Waals surface area (Å²) in [5.74, 6) is 0.491. The smallest absolute Gasteiger partial charge is 0.410 e. The number of amides is 1.